The summed E-state index contributed by atoms with van der Waals surface area (Å²) < 4.78 is 0. The van der Waals surface area contributed by atoms with Gasteiger partial charge in [0.1, 0.15) is 11.5 Å². The zero-order valence-corrected chi connectivity index (χ0v) is 28.9. The van der Waals surface area contributed by atoms with Gasteiger partial charge in [0.05, 0.1) is 11.1 Å². The molecule has 0 saturated heterocycles. The average Bonchev–Trinajstić information content (AvgIpc) is 3.10. The van der Waals surface area contributed by atoms with Crippen molar-refractivity contribution in [2.24, 2.45) is 11.5 Å². The van der Waals surface area contributed by atoms with Crippen molar-refractivity contribution in [2.45, 2.75) is 40.8 Å². The van der Waals surface area contributed by atoms with Crippen LogP contribution < -0.4 is 11.5 Å². The van der Waals surface area contributed by atoms with Gasteiger partial charge in [-0.15, -0.1) is 0 Å². The molecule has 0 heterocycles. The van der Waals surface area contributed by atoms with E-state index in [1.54, 1.807) is 38.1 Å². The summed E-state index contributed by atoms with van der Waals surface area (Å²) in [6.45, 7) is 10.0. The Morgan fingerprint density at radius 1 is 0.511 bits per heavy atom. The van der Waals surface area contributed by atoms with Crippen molar-refractivity contribution in [1.29, 1.82) is 0 Å². The molecule has 6 aromatic carbocycles. The molecule has 0 fully saturated rings. The molecule has 2 unspecified atom stereocenters. The Balaban J connectivity index is 0.000000813. The van der Waals surface area contributed by atoms with E-state index in [0.717, 1.165) is 21.9 Å². The molecule has 242 valence electrons. The minimum absolute atomic E-state index is 0. The fraction of sp³-hybridized carbons (Fsp3) is 0.146. The van der Waals surface area contributed by atoms with Gasteiger partial charge in [-0.2, -0.15) is 13.8 Å². The van der Waals surface area contributed by atoms with Gasteiger partial charge >= 0.3 is 19.5 Å². The van der Waals surface area contributed by atoms with Gasteiger partial charge in [0.15, 0.2) is 0 Å². The first-order valence-corrected chi connectivity index (χ1v) is 14.4. The first-order valence-electron chi connectivity index (χ1n) is 14.4. The summed E-state index contributed by atoms with van der Waals surface area (Å²) >= 11 is 0. The Morgan fingerprint density at radius 3 is 1.15 bits per heavy atom. The number of benzene rings is 6. The molecule has 6 heteroatoms. The molecule has 0 aliphatic rings. The molecular formula is C41H48N2O3Zn. The third-order valence-electron chi connectivity index (χ3n) is 7.02. The van der Waals surface area contributed by atoms with Crippen molar-refractivity contribution in [2.75, 3.05) is 0 Å². The molecule has 5 nitrogen and oxygen atoms in total. The van der Waals surface area contributed by atoms with Crippen molar-refractivity contribution in [3.05, 3.63) is 170 Å². The molecular weight excluding hydrogens is 634 g/mol. The maximum atomic E-state index is 13.2. The van der Waals surface area contributed by atoms with Crippen LogP contribution in [0, 0.1) is 13.8 Å². The number of fused-ring (bicyclic) bond motifs is 2. The van der Waals surface area contributed by atoms with Gasteiger partial charge in [-0.05, 0) is 44.8 Å². The Morgan fingerprint density at radius 2 is 0.809 bits per heavy atom. The van der Waals surface area contributed by atoms with Crippen molar-refractivity contribution in [3.63, 3.8) is 0 Å². The minimum atomic E-state index is -0.390. The topological polar surface area (TPSA) is 110 Å². The van der Waals surface area contributed by atoms with Gasteiger partial charge in [-0.25, -0.2) is 0 Å². The second-order valence-corrected chi connectivity index (χ2v) is 9.56. The first-order chi connectivity index (χ1) is 21.5. The number of ketones is 1. The van der Waals surface area contributed by atoms with E-state index in [2.05, 4.69) is 13.8 Å². The molecule has 0 spiro atoms. The van der Waals surface area contributed by atoms with Crippen LogP contribution in [0.3, 0.4) is 0 Å². The van der Waals surface area contributed by atoms with Crippen molar-refractivity contribution >= 4 is 27.3 Å². The molecule has 0 radical (unpaired) electrons. The SMILES string of the molecule is C.C.NC(c1ccccc1)C(N)c1ccccc1.O=C(c1c(O)ccc2ccccc12)c1c(O)ccc2ccccc12.[CH2-]C.[CH2-]C.[Zn+2]. The molecule has 6 aromatic rings. The Hall–Kier alpha value is -4.35. The second kappa shape index (κ2) is 21.4. The van der Waals surface area contributed by atoms with Gasteiger partial charge in [-0.3, -0.25) is 4.79 Å². The normalized spacial score (nSPS) is 10.8. The number of aromatic hydroxyl groups is 2. The largest absolute Gasteiger partial charge is 2.00 e. The summed E-state index contributed by atoms with van der Waals surface area (Å²) in [7, 11) is 0. The summed E-state index contributed by atoms with van der Waals surface area (Å²) in [5.74, 6) is -0.573. The molecule has 0 saturated carbocycles. The standard InChI is InChI=1S/C21H14O3.C14H16N2.2C2H5.2CH4.Zn/c22-17-11-9-13-5-1-3-7-15(13)19(17)21(24)20-16-8-4-2-6-14(16)10-12-18(20)23;15-13(11-7-3-1-4-8-11)14(16)12-9-5-2-6-10-12;2*1-2;;;/h1-12,22-23H;1-10,13-14H,15-16H2;2*1H2,2H3;2*1H4;/q;;2*-1;;;+2. The van der Waals surface area contributed by atoms with Gasteiger partial charge in [-0.1, -0.05) is 136 Å². The van der Waals surface area contributed by atoms with Crippen molar-refractivity contribution in [3.8, 4) is 11.5 Å². The smallest absolute Gasteiger partial charge is 0.507 e. The molecule has 47 heavy (non-hydrogen) atoms. The molecule has 0 aromatic heterocycles. The van der Waals surface area contributed by atoms with Gasteiger partial charge in [0, 0.05) is 12.1 Å². The summed E-state index contributed by atoms with van der Waals surface area (Å²) in [6, 6.07) is 40.9. The summed E-state index contributed by atoms with van der Waals surface area (Å²) in [5.41, 5.74) is 14.8. The molecule has 0 amide bonds. The van der Waals surface area contributed by atoms with Crippen LogP contribution in [0.1, 0.15) is 67.8 Å². The molecule has 0 aliphatic heterocycles. The van der Waals surface area contributed by atoms with Crippen LogP contribution in [0.4, 0.5) is 0 Å². The third kappa shape index (κ3) is 10.3. The molecule has 2 atom stereocenters. The predicted octanol–water partition coefficient (Wildman–Crippen LogP) is 9.97. The van der Waals surface area contributed by atoms with Crippen LogP contribution in [0.5, 0.6) is 11.5 Å². The van der Waals surface area contributed by atoms with Gasteiger partial charge in [0.25, 0.3) is 0 Å². The van der Waals surface area contributed by atoms with E-state index >= 15 is 0 Å². The molecule has 0 aliphatic carbocycles. The van der Waals surface area contributed by atoms with Gasteiger partial charge in [0.2, 0.25) is 5.78 Å². The van der Waals surface area contributed by atoms with Crippen molar-refractivity contribution in [1.82, 2.24) is 0 Å². The minimum Gasteiger partial charge on any atom is -0.507 e. The number of hydrogen-bond acceptors (Lipinski definition) is 5. The summed E-state index contributed by atoms with van der Waals surface area (Å²) in [6.07, 6.45) is 0. The van der Waals surface area contributed by atoms with Gasteiger partial charge < -0.3 is 35.5 Å². The molecule has 6 N–H and O–H groups in total. The van der Waals surface area contributed by atoms with E-state index in [-0.39, 0.29) is 69.0 Å². The summed E-state index contributed by atoms with van der Waals surface area (Å²) in [5, 5.41) is 23.6. The van der Waals surface area contributed by atoms with E-state index in [0.29, 0.717) is 10.8 Å². The Labute approximate surface area is 294 Å². The van der Waals surface area contributed by atoms with Crippen LogP contribution in [0.2, 0.25) is 0 Å². The number of phenolic OH excluding ortho intramolecular Hbond substituents is 2. The van der Waals surface area contributed by atoms with E-state index < -0.39 is 5.78 Å². The third-order valence-corrected chi connectivity index (χ3v) is 7.02. The monoisotopic (exact) mass is 680 g/mol. The van der Waals surface area contributed by atoms with Crippen LogP contribution in [-0.4, -0.2) is 16.0 Å². The number of carbonyl (C=O) groups excluding carboxylic acids is 1. The quantitative estimate of drug-likeness (QED) is 0.0823. The van der Waals surface area contributed by atoms with E-state index in [9.17, 15) is 15.0 Å². The van der Waals surface area contributed by atoms with E-state index in [1.807, 2.05) is 97.1 Å². The second-order valence-electron chi connectivity index (χ2n) is 9.56. The Bertz CT molecular complexity index is 1650. The first kappa shape index (κ1) is 42.7. The van der Waals surface area contributed by atoms with Crippen LogP contribution in [0.15, 0.2) is 133 Å². The van der Waals surface area contributed by atoms with Crippen LogP contribution >= 0.6 is 0 Å². The van der Waals surface area contributed by atoms with Crippen molar-refractivity contribution < 1.29 is 34.5 Å². The number of hydrogen-bond donors (Lipinski definition) is 4. The Kier molecular flexibility index (Phi) is 19.5. The van der Waals surface area contributed by atoms with E-state index in [1.165, 1.54) is 12.1 Å². The number of nitrogens with two attached hydrogens (primary N) is 2. The average molecular weight is 682 g/mol. The maximum absolute atomic E-state index is 13.2. The maximum Gasteiger partial charge on any atom is 2.00 e. The fourth-order valence-electron chi connectivity index (χ4n) is 4.89. The number of phenols is 2. The van der Waals surface area contributed by atoms with Crippen LogP contribution in [0.25, 0.3) is 21.5 Å². The van der Waals surface area contributed by atoms with Crippen LogP contribution in [-0.2, 0) is 19.5 Å². The zero-order valence-electron chi connectivity index (χ0n) is 25.9. The zero-order chi connectivity index (χ0) is 32.1. The number of rotatable bonds is 5. The fourth-order valence-corrected chi connectivity index (χ4v) is 4.89. The molecule has 6 rings (SSSR count). The number of carbonyl (C=O) groups is 1. The molecule has 0 bridgehead atoms. The predicted molar refractivity (Wildman–Crippen MR) is 197 cm³/mol. The summed E-state index contributed by atoms with van der Waals surface area (Å²) in [4.78, 5) is 13.2. The van der Waals surface area contributed by atoms with E-state index in [4.69, 9.17) is 11.5 Å².